The zero-order valence-electron chi connectivity index (χ0n) is 7.39. The lowest BCUT2D eigenvalue weighted by Gasteiger charge is -2.25. The predicted molar refractivity (Wildman–Crippen MR) is 56.4 cm³/mol. The van der Waals surface area contributed by atoms with Gasteiger partial charge in [0.25, 0.3) is 0 Å². The quantitative estimate of drug-likeness (QED) is 0.723. The first-order valence-corrected chi connectivity index (χ1v) is 4.92. The van der Waals surface area contributed by atoms with Crippen molar-refractivity contribution < 1.29 is 0 Å². The molecule has 0 saturated heterocycles. The number of anilines is 1. The molecule has 0 bridgehead atoms. The molecule has 2 nitrogen and oxygen atoms in total. The van der Waals surface area contributed by atoms with Gasteiger partial charge in [-0.25, -0.2) is 0 Å². The van der Waals surface area contributed by atoms with Crippen LogP contribution in [-0.2, 0) is 0 Å². The van der Waals surface area contributed by atoms with E-state index in [4.69, 9.17) is 17.3 Å². The summed E-state index contributed by atoms with van der Waals surface area (Å²) in [6, 6.07) is 5.97. The summed E-state index contributed by atoms with van der Waals surface area (Å²) in [5.74, 6) is 0.494. The van der Waals surface area contributed by atoms with Crippen molar-refractivity contribution in [3.63, 3.8) is 0 Å². The van der Waals surface area contributed by atoms with Crippen molar-refractivity contribution >= 4 is 17.3 Å². The smallest absolute Gasteiger partial charge is 0.0426 e. The highest BCUT2D eigenvalue weighted by atomic mass is 35.5. The second-order valence-electron chi connectivity index (χ2n) is 3.38. The lowest BCUT2D eigenvalue weighted by atomic mass is 9.91. The Kier molecular flexibility index (Phi) is 2.42. The Morgan fingerprint density at radius 2 is 2.38 bits per heavy atom. The van der Waals surface area contributed by atoms with Crippen LogP contribution in [0.25, 0.3) is 0 Å². The van der Waals surface area contributed by atoms with Crippen LogP contribution < -0.4 is 11.1 Å². The van der Waals surface area contributed by atoms with E-state index in [1.54, 1.807) is 0 Å². The summed E-state index contributed by atoms with van der Waals surface area (Å²) in [6.45, 7) is 1.71. The van der Waals surface area contributed by atoms with Crippen molar-refractivity contribution in [1.82, 2.24) is 0 Å². The Hall–Kier alpha value is -0.730. The SMILES string of the molecule is NCC1CCNc2cc(Cl)ccc21. The van der Waals surface area contributed by atoms with Gasteiger partial charge in [0.2, 0.25) is 0 Å². The van der Waals surface area contributed by atoms with E-state index < -0.39 is 0 Å². The molecule has 0 radical (unpaired) electrons. The molecule has 0 spiro atoms. The lowest BCUT2D eigenvalue weighted by Crippen LogP contribution is -2.22. The zero-order chi connectivity index (χ0) is 9.26. The lowest BCUT2D eigenvalue weighted by molar-refractivity contribution is 0.637. The molecule has 3 heteroatoms. The van der Waals surface area contributed by atoms with Crippen LogP contribution in [0.3, 0.4) is 0 Å². The van der Waals surface area contributed by atoms with E-state index in [1.807, 2.05) is 12.1 Å². The van der Waals surface area contributed by atoms with Gasteiger partial charge in [-0.05, 0) is 36.6 Å². The Bertz CT molecular complexity index is 312. The molecule has 13 heavy (non-hydrogen) atoms. The topological polar surface area (TPSA) is 38.0 Å². The fourth-order valence-electron chi connectivity index (χ4n) is 1.82. The van der Waals surface area contributed by atoms with Gasteiger partial charge in [-0.3, -0.25) is 0 Å². The molecule has 0 aromatic heterocycles. The van der Waals surface area contributed by atoms with Crippen molar-refractivity contribution in [3.8, 4) is 0 Å². The number of benzene rings is 1. The molecule has 1 heterocycles. The van der Waals surface area contributed by atoms with Crippen LogP contribution in [0.15, 0.2) is 18.2 Å². The number of rotatable bonds is 1. The molecule has 1 unspecified atom stereocenters. The van der Waals surface area contributed by atoms with Crippen molar-refractivity contribution in [2.75, 3.05) is 18.4 Å². The van der Waals surface area contributed by atoms with E-state index >= 15 is 0 Å². The standard InChI is InChI=1S/C10H13ClN2/c11-8-1-2-9-7(6-12)3-4-13-10(9)5-8/h1-2,5,7,13H,3-4,6,12H2. The number of hydrogen-bond donors (Lipinski definition) is 2. The highest BCUT2D eigenvalue weighted by Gasteiger charge is 2.18. The Morgan fingerprint density at radius 3 is 3.15 bits per heavy atom. The van der Waals surface area contributed by atoms with E-state index in [9.17, 15) is 0 Å². The molecule has 0 fully saturated rings. The molecule has 1 aromatic rings. The molecule has 1 aromatic carbocycles. The monoisotopic (exact) mass is 196 g/mol. The van der Waals surface area contributed by atoms with Gasteiger partial charge in [0.15, 0.2) is 0 Å². The maximum Gasteiger partial charge on any atom is 0.0426 e. The Labute approximate surface area is 83.1 Å². The Morgan fingerprint density at radius 1 is 1.54 bits per heavy atom. The summed E-state index contributed by atoms with van der Waals surface area (Å²) in [4.78, 5) is 0. The van der Waals surface area contributed by atoms with Gasteiger partial charge >= 0.3 is 0 Å². The summed E-state index contributed by atoms with van der Waals surface area (Å²) in [7, 11) is 0. The van der Waals surface area contributed by atoms with Crippen LogP contribution in [0.1, 0.15) is 17.9 Å². The Balaban J connectivity index is 2.40. The van der Waals surface area contributed by atoms with Crippen LogP contribution in [-0.4, -0.2) is 13.1 Å². The number of hydrogen-bond acceptors (Lipinski definition) is 2. The molecule has 3 N–H and O–H groups in total. The molecular formula is C10H13ClN2. The molecule has 70 valence electrons. The largest absolute Gasteiger partial charge is 0.385 e. The van der Waals surface area contributed by atoms with Crippen LogP contribution in [0, 0.1) is 0 Å². The summed E-state index contributed by atoms with van der Waals surface area (Å²) >= 11 is 5.90. The van der Waals surface area contributed by atoms with Gasteiger partial charge in [-0.2, -0.15) is 0 Å². The summed E-state index contributed by atoms with van der Waals surface area (Å²) in [5.41, 5.74) is 8.15. The molecule has 0 saturated carbocycles. The van der Waals surface area contributed by atoms with E-state index in [0.717, 1.165) is 30.2 Å². The van der Waals surface area contributed by atoms with Crippen molar-refractivity contribution in [1.29, 1.82) is 0 Å². The number of nitrogens with two attached hydrogens (primary N) is 1. The molecule has 1 aliphatic heterocycles. The molecule has 1 aliphatic rings. The first-order valence-electron chi connectivity index (χ1n) is 4.54. The summed E-state index contributed by atoms with van der Waals surface area (Å²) < 4.78 is 0. The van der Waals surface area contributed by atoms with E-state index in [2.05, 4.69) is 11.4 Å². The van der Waals surface area contributed by atoms with E-state index in [0.29, 0.717) is 5.92 Å². The highest BCUT2D eigenvalue weighted by molar-refractivity contribution is 6.30. The average molecular weight is 197 g/mol. The highest BCUT2D eigenvalue weighted by Crippen LogP contribution is 2.32. The van der Waals surface area contributed by atoms with Gasteiger partial charge < -0.3 is 11.1 Å². The third-order valence-corrected chi connectivity index (χ3v) is 2.78. The first kappa shape index (κ1) is 8.85. The van der Waals surface area contributed by atoms with Crippen molar-refractivity contribution in [2.24, 2.45) is 5.73 Å². The molecule has 1 atom stereocenters. The van der Waals surface area contributed by atoms with E-state index in [-0.39, 0.29) is 0 Å². The fraction of sp³-hybridized carbons (Fsp3) is 0.400. The third kappa shape index (κ3) is 1.64. The van der Waals surface area contributed by atoms with Gasteiger partial charge in [-0.15, -0.1) is 0 Å². The van der Waals surface area contributed by atoms with Crippen LogP contribution in [0.2, 0.25) is 5.02 Å². The zero-order valence-corrected chi connectivity index (χ0v) is 8.14. The van der Waals surface area contributed by atoms with Crippen LogP contribution >= 0.6 is 11.6 Å². The number of nitrogens with one attached hydrogen (secondary N) is 1. The van der Waals surface area contributed by atoms with E-state index in [1.165, 1.54) is 5.56 Å². The van der Waals surface area contributed by atoms with Gasteiger partial charge in [0.1, 0.15) is 0 Å². The average Bonchev–Trinajstić information content (AvgIpc) is 2.16. The predicted octanol–water partition coefficient (Wildman–Crippen LogP) is 2.20. The minimum Gasteiger partial charge on any atom is -0.385 e. The molecule has 0 amide bonds. The van der Waals surface area contributed by atoms with Crippen LogP contribution in [0.5, 0.6) is 0 Å². The minimum atomic E-state index is 0.494. The second kappa shape index (κ2) is 3.56. The molecular weight excluding hydrogens is 184 g/mol. The normalized spacial score (nSPS) is 20.6. The van der Waals surface area contributed by atoms with Gasteiger partial charge in [0.05, 0.1) is 0 Å². The van der Waals surface area contributed by atoms with Crippen molar-refractivity contribution in [3.05, 3.63) is 28.8 Å². The molecule has 0 aliphatic carbocycles. The maximum atomic E-state index is 5.90. The second-order valence-corrected chi connectivity index (χ2v) is 3.82. The van der Waals surface area contributed by atoms with Crippen LogP contribution in [0.4, 0.5) is 5.69 Å². The third-order valence-electron chi connectivity index (χ3n) is 2.55. The number of fused-ring (bicyclic) bond motifs is 1. The van der Waals surface area contributed by atoms with Gasteiger partial charge in [-0.1, -0.05) is 17.7 Å². The maximum absolute atomic E-state index is 5.90. The molecule has 2 rings (SSSR count). The van der Waals surface area contributed by atoms with Gasteiger partial charge in [0, 0.05) is 17.3 Å². The number of halogens is 1. The first-order chi connectivity index (χ1) is 6.31. The van der Waals surface area contributed by atoms with Crippen molar-refractivity contribution in [2.45, 2.75) is 12.3 Å². The minimum absolute atomic E-state index is 0.494. The summed E-state index contributed by atoms with van der Waals surface area (Å²) in [5, 5.41) is 4.11. The fourth-order valence-corrected chi connectivity index (χ4v) is 1.99. The summed E-state index contributed by atoms with van der Waals surface area (Å²) in [6.07, 6.45) is 1.12.